The predicted octanol–water partition coefficient (Wildman–Crippen LogP) is 1.81. The Morgan fingerprint density at radius 2 is 2.11 bits per heavy atom. The van der Waals surface area contributed by atoms with Crippen LogP contribution in [0.4, 0.5) is 0 Å². The minimum atomic E-state index is -0.560. The van der Waals surface area contributed by atoms with E-state index in [9.17, 15) is 5.11 Å². The highest BCUT2D eigenvalue weighted by atomic mass is 16.5. The Balaban J connectivity index is 1.81. The number of aliphatic hydroxyl groups is 1. The lowest BCUT2D eigenvalue weighted by Crippen LogP contribution is -2.20. The number of hydrogen-bond donors (Lipinski definition) is 2. The largest absolute Gasteiger partial charge is 0.497 e. The molecule has 1 unspecified atom stereocenters. The molecule has 1 aromatic heterocycles. The first-order valence-corrected chi connectivity index (χ1v) is 6.14. The molecule has 0 saturated heterocycles. The number of aryl methyl sites for hydroxylation is 1. The fraction of sp³-hybridized carbons (Fsp3) is 0.357. The maximum atomic E-state index is 10.0. The van der Waals surface area contributed by atoms with E-state index in [1.165, 1.54) is 0 Å². The molecule has 19 heavy (non-hydrogen) atoms. The second-order valence-electron chi connectivity index (χ2n) is 4.35. The van der Waals surface area contributed by atoms with Gasteiger partial charge < -0.3 is 19.7 Å². The van der Waals surface area contributed by atoms with E-state index in [2.05, 4.69) is 10.5 Å². The monoisotopic (exact) mass is 262 g/mol. The maximum Gasteiger partial charge on any atom is 0.150 e. The quantitative estimate of drug-likeness (QED) is 0.831. The van der Waals surface area contributed by atoms with Crippen molar-refractivity contribution < 1.29 is 14.4 Å². The van der Waals surface area contributed by atoms with E-state index in [1.807, 2.05) is 37.3 Å². The number of benzene rings is 1. The zero-order chi connectivity index (χ0) is 13.7. The first-order chi connectivity index (χ1) is 9.19. The van der Waals surface area contributed by atoms with E-state index in [1.54, 1.807) is 7.11 Å². The second kappa shape index (κ2) is 6.36. The van der Waals surface area contributed by atoms with Gasteiger partial charge in [0.15, 0.2) is 5.76 Å². The van der Waals surface area contributed by atoms with Gasteiger partial charge in [0.05, 0.1) is 25.5 Å². The van der Waals surface area contributed by atoms with Crippen LogP contribution in [0.3, 0.4) is 0 Å². The van der Waals surface area contributed by atoms with Gasteiger partial charge in [-0.25, -0.2) is 0 Å². The summed E-state index contributed by atoms with van der Waals surface area (Å²) in [5, 5.41) is 16.9. The standard InChI is InChI=1S/C14H18N2O3/c1-10-7-13(19-16-10)8-15-9-14(17)11-3-5-12(18-2)6-4-11/h3-7,14-15,17H,8-9H2,1-2H3. The van der Waals surface area contributed by atoms with Crippen molar-refractivity contribution in [1.29, 1.82) is 0 Å². The number of ether oxygens (including phenoxy) is 1. The van der Waals surface area contributed by atoms with Crippen molar-refractivity contribution in [1.82, 2.24) is 10.5 Å². The summed E-state index contributed by atoms with van der Waals surface area (Å²) in [5.74, 6) is 1.54. The molecule has 2 N–H and O–H groups in total. The molecule has 102 valence electrons. The van der Waals surface area contributed by atoms with Crippen molar-refractivity contribution in [2.45, 2.75) is 19.6 Å². The van der Waals surface area contributed by atoms with Gasteiger partial charge in [-0.1, -0.05) is 17.3 Å². The van der Waals surface area contributed by atoms with Gasteiger partial charge in [0.1, 0.15) is 5.75 Å². The zero-order valence-electron chi connectivity index (χ0n) is 11.1. The molecule has 0 saturated carbocycles. The summed E-state index contributed by atoms with van der Waals surface area (Å²) in [4.78, 5) is 0. The third-order valence-electron chi connectivity index (χ3n) is 2.81. The molecule has 0 aliphatic carbocycles. The number of nitrogens with one attached hydrogen (secondary N) is 1. The van der Waals surface area contributed by atoms with Crippen molar-refractivity contribution in [2.24, 2.45) is 0 Å². The smallest absolute Gasteiger partial charge is 0.150 e. The summed E-state index contributed by atoms with van der Waals surface area (Å²) in [6.45, 7) is 2.87. The molecule has 0 amide bonds. The van der Waals surface area contributed by atoms with Crippen LogP contribution in [0.25, 0.3) is 0 Å². The molecule has 0 bridgehead atoms. The molecular weight excluding hydrogens is 244 g/mol. The van der Waals surface area contributed by atoms with Crippen LogP contribution < -0.4 is 10.1 Å². The number of aliphatic hydroxyl groups excluding tert-OH is 1. The molecule has 1 heterocycles. The number of aromatic nitrogens is 1. The molecule has 1 aromatic carbocycles. The van der Waals surface area contributed by atoms with Crippen LogP contribution in [-0.2, 0) is 6.54 Å². The van der Waals surface area contributed by atoms with Crippen LogP contribution in [0.15, 0.2) is 34.9 Å². The first kappa shape index (κ1) is 13.6. The molecule has 0 spiro atoms. The topological polar surface area (TPSA) is 67.5 Å². The van der Waals surface area contributed by atoms with Crippen molar-refractivity contribution >= 4 is 0 Å². The van der Waals surface area contributed by atoms with E-state index in [-0.39, 0.29) is 0 Å². The van der Waals surface area contributed by atoms with Gasteiger partial charge in [-0.05, 0) is 24.6 Å². The second-order valence-corrected chi connectivity index (χ2v) is 4.35. The molecule has 0 aliphatic rings. The number of hydrogen-bond acceptors (Lipinski definition) is 5. The Hall–Kier alpha value is -1.85. The van der Waals surface area contributed by atoms with E-state index in [0.29, 0.717) is 13.1 Å². The van der Waals surface area contributed by atoms with Crippen molar-refractivity contribution in [2.75, 3.05) is 13.7 Å². The van der Waals surface area contributed by atoms with Gasteiger partial charge in [0.25, 0.3) is 0 Å². The van der Waals surface area contributed by atoms with Gasteiger partial charge in [0, 0.05) is 12.6 Å². The van der Waals surface area contributed by atoms with Gasteiger partial charge in [-0.15, -0.1) is 0 Å². The van der Waals surface area contributed by atoms with Crippen molar-refractivity contribution in [3.05, 3.63) is 47.3 Å². The SMILES string of the molecule is COc1ccc(C(O)CNCc2cc(C)no2)cc1. The van der Waals surface area contributed by atoms with E-state index < -0.39 is 6.10 Å². The van der Waals surface area contributed by atoms with Gasteiger partial charge in [-0.3, -0.25) is 0 Å². The van der Waals surface area contributed by atoms with Gasteiger partial charge in [-0.2, -0.15) is 0 Å². The normalized spacial score (nSPS) is 12.4. The van der Waals surface area contributed by atoms with Gasteiger partial charge >= 0.3 is 0 Å². The highest BCUT2D eigenvalue weighted by Gasteiger charge is 2.08. The average Bonchev–Trinajstić information content (AvgIpc) is 2.84. The summed E-state index contributed by atoms with van der Waals surface area (Å²) >= 11 is 0. The molecule has 0 fully saturated rings. The fourth-order valence-corrected chi connectivity index (χ4v) is 1.78. The summed E-state index contributed by atoms with van der Waals surface area (Å²) in [6.07, 6.45) is -0.560. The first-order valence-electron chi connectivity index (χ1n) is 6.14. The molecule has 5 heteroatoms. The Labute approximate surface area is 112 Å². The third-order valence-corrected chi connectivity index (χ3v) is 2.81. The number of nitrogens with zero attached hydrogens (tertiary/aromatic N) is 1. The van der Waals surface area contributed by atoms with Crippen LogP contribution in [0.1, 0.15) is 23.1 Å². The number of rotatable bonds is 6. The van der Waals surface area contributed by atoms with Gasteiger partial charge in [0.2, 0.25) is 0 Å². The molecule has 0 radical (unpaired) electrons. The lowest BCUT2D eigenvalue weighted by molar-refractivity contribution is 0.173. The summed E-state index contributed by atoms with van der Waals surface area (Å²) in [6, 6.07) is 9.23. The fourth-order valence-electron chi connectivity index (χ4n) is 1.78. The van der Waals surface area contributed by atoms with Crippen LogP contribution in [0.5, 0.6) is 5.75 Å². The number of methoxy groups -OCH3 is 1. The van der Waals surface area contributed by atoms with Crippen molar-refractivity contribution in [3.63, 3.8) is 0 Å². The summed E-state index contributed by atoms with van der Waals surface area (Å²) < 4.78 is 10.1. The maximum absolute atomic E-state index is 10.0. The lowest BCUT2D eigenvalue weighted by Gasteiger charge is -2.12. The summed E-state index contributed by atoms with van der Waals surface area (Å²) in [5.41, 5.74) is 1.70. The lowest BCUT2D eigenvalue weighted by atomic mass is 10.1. The Morgan fingerprint density at radius 1 is 1.37 bits per heavy atom. The molecule has 2 rings (SSSR count). The minimum absolute atomic E-state index is 0.450. The molecule has 5 nitrogen and oxygen atoms in total. The Bertz CT molecular complexity index is 508. The predicted molar refractivity (Wildman–Crippen MR) is 70.9 cm³/mol. The van der Waals surface area contributed by atoms with Crippen LogP contribution in [0.2, 0.25) is 0 Å². The van der Waals surface area contributed by atoms with E-state index >= 15 is 0 Å². The summed E-state index contributed by atoms with van der Waals surface area (Å²) in [7, 11) is 1.62. The highest BCUT2D eigenvalue weighted by Crippen LogP contribution is 2.17. The molecule has 0 aliphatic heterocycles. The molecule has 2 aromatic rings. The highest BCUT2D eigenvalue weighted by molar-refractivity contribution is 5.28. The van der Waals surface area contributed by atoms with Crippen LogP contribution >= 0.6 is 0 Å². The average molecular weight is 262 g/mol. The molecular formula is C14H18N2O3. The van der Waals surface area contributed by atoms with E-state index in [0.717, 1.165) is 22.8 Å². The van der Waals surface area contributed by atoms with Crippen LogP contribution in [-0.4, -0.2) is 23.9 Å². The Morgan fingerprint density at radius 3 is 2.68 bits per heavy atom. The third kappa shape index (κ3) is 3.81. The van der Waals surface area contributed by atoms with E-state index in [4.69, 9.17) is 9.26 Å². The Kier molecular flexibility index (Phi) is 4.54. The molecule has 1 atom stereocenters. The van der Waals surface area contributed by atoms with Crippen LogP contribution in [0, 0.1) is 6.92 Å². The van der Waals surface area contributed by atoms with Crippen molar-refractivity contribution in [3.8, 4) is 5.75 Å². The minimum Gasteiger partial charge on any atom is -0.497 e. The zero-order valence-corrected chi connectivity index (χ0v) is 11.1.